The Hall–Kier alpha value is -0.910. The summed E-state index contributed by atoms with van der Waals surface area (Å²) in [5.74, 6) is -0.675. The van der Waals surface area contributed by atoms with Crippen LogP contribution in [0, 0.1) is 0 Å². The van der Waals surface area contributed by atoms with Gasteiger partial charge in [-0.05, 0) is 6.92 Å². The zero-order chi connectivity index (χ0) is 10.8. The summed E-state index contributed by atoms with van der Waals surface area (Å²) in [6, 6.07) is 0. The molecule has 0 aliphatic heterocycles. The first-order valence-corrected chi connectivity index (χ1v) is 4.37. The highest BCUT2D eigenvalue weighted by Crippen LogP contribution is 1.90. The normalized spacial score (nSPS) is 12.1. The molecule has 0 aromatic heterocycles. The van der Waals surface area contributed by atoms with E-state index in [4.69, 9.17) is 14.6 Å². The minimum absolute atomic E-state index is 0.0628. The van der Waals surface area contributed by atoms with Crippen LogP contribution in [0.25, 0.3) is 0 Å². The number of aliphatic hydroxyl groups excluding tert-OH is 1. The second kappa shape index (κ2) is 8.68. The minimum Gasteiger partial charge on any atom is -0.430 e. The lowest BCUT2D eigenvalue weighted by atomic mass is 10.6. The molecule has 0 spiro atoms. The Balaban J connectivity index is 3.30. The van der Waals surface area contributed by atoms with E-state index in [-0.39, 0.29) is 6.61 Å². The maximum absolute atomic E-state index is 10.6. The highest BCUT2D eigenvalue weighted by atomic mass is 16.7. The molecule has 14 heavy (non-hydrogen) atoms. The summed E-state index contributed by atoms with van der Waals surface area (Å²) in [6.45, 7) is 6.44. The Morgan fingerprint density at radius 1 is 1.50 bits per heavy atom. The lowest BCUT2D eigenvalue weighted by Gasteiger charge is -2.10. The zero-order valence-corrected chi connectivity index (χ0v) is 8.27. The molecule has 0 saturated carbocycles. The SMILES string of the molecule is C=CC(=O)OC(O)COCCOCC. The molecule has 1 unspecified atom stereocenters. The third kappa shape index (κ3) is 7.72. The van der Waals surface area contributed by atoms with Crippen molar-refractivity contribution in [2.45, 2.75) is 13.2 Å². The standard InChI is InChI=1S/C9H16O5/c1-3-8(10)14-9(11)7-13-6-5-12-4-2/h3,9,11H,1,4-7H2,2H3. The summed E-state index contributed by atoms with van der Waals surface area (Å²) in [6.07, 6.45) is -0.272. The molecule has 0 radical (unpaired) electrons. The van der Waals surface area contributed by atoms with E-state index >= 15 is 0 Å². The third-order valence-corrected chi connectivity index (χ3v) is 1.26. The van der Waals surface area contributed by atoms with E-state index in [1.807, 2.05) is 6.92 Å². The van der Waals surface area contributed by atoms with Crippen molar-refractivity contribution in [2.24, 2.45) is 0 Å². The van der Waals surface area contributed by atoms with Crippen molar-refractivity contribution in [1.82, 2.24) is 0 Å². The first-order valence-electron chi connectivity index (χ1n) is 4.37. The van der Waals surface area contributed by atoms with Crippen LogP contribution in [0.2, 0.25) is 0 Å². The van der Waals surface area contributed by atoms with Crippen LogP contribution in [0.3, 0.4) is 0 Å². The number of hydrogen-bond donors (Lipinski definition) is 1. The molecule has 5 heteroatoms. The Morgan fingerprint density at radius 2 is 2.14 bits per heavy atom. The van der Waals surface area contributed by atoms with Crippen molar-refractivity contribution in [3.63, 3.8) is 0 Å². The first kappa shape index (κ1) is 13.1. The van der Waals surface area contributed by atoms with Crippen LogP contribution in [-0.2, 0) is 19.0 Å². The fourth-order valence-electron chi connectivity index (χ4n) is 0.663. The molecule has 5 nitrogen and oxygen atoms in total. The Bertz CT molecular complexity index is 169. The van der Waals surface area contributed by atoms with E-state index in [2.05, 4.69) is 11.3 Å². The summed E-state index contributed by atoms with van der Waals surface area (Å²) >= 11 is 0. The Kier molecular flexibility index (Phi) is 8.11. The number of carbonyl (C=O) groups excluding carboxylic acids is 1. The van der Waals surface area contributed by atoms with Gasteiger partial charge in [0.05, 0.1) is 13.2 Å². The van der Waals surface area contributed by atoms with Crippen molar-refractivity contribution in [1.29, 1.82) is 0 Å². The van der Waals surface area contributed by atoms with E-state index in [9.17, 15) is 4.79 Å². The molecule has 0 fully saturated rings. The molecular formula is C9H16O5. The molecule has 0 saturated heterocycles. The lowest BCUT2D eigenvalue weighted by molar-refractivity contribution is -0.171. The Labute approximate surface area is 83.3 Å². The topological polar surface area (TPSA) is 65.0 Å². The quantitative estimate of drug-likeness (QED) is 0.263. The molecular weight excluding hydrogens is 188 g/mol. The van der Waals surface area contributed by atoms with E-state index in [1.54, 1.807) is 0 Å². The smallest absolute Gasteiger partial charge is 0.332 e. The number of ether oxygens (including phenoxy) is 3. The monoisotopic (exact) mass is 204 g/mol. The third-order valence-electron chi connectivity index (χ3n) is 1.26. The van der Waals surface area contributed by atoms with Gasteiger partial charge in [0.25, 0.3) is 0 Å². The average molecular weight is 204 g/mol. The van der Waals surface area contributed by atoms with Gasteiger partial charge in [-0.25, -0.2) is 4.79 Å². The highest BCUT2D eigenvalue weighted by molar-refractivity contribution is 5.81. The molecule has 0 aliphatic rings. The van der Waals surface area contributed by atoms with Gasteiger partial charge in [-0.3, -0.25) is 0 Å². The largest absolute Gasteiger partial charge is 0.430 e. The van der Waals surface area contributed by atoms with Crippen molar-refractivity contribution in [3.05, 3.63) is 12.7 Å². The summed E-state index contributed by atoms with van der Waals surface area (Å²) in [7, 11) is 0. The summed E-state index contributed by atoms with van der Waals surface area (Å²) < 4.78 is 14.4. The molecule has 82 valence electrons. The fourth-order valence-corrected chi connectivity index (χ4v) is 0.663. The molecule has 0 rings (SSSR count). The molecule has 0 amide bonds. The molecule has 0 aromatic rings. The van der Waals surface area contributed by atoms with Gasteiger partial charge < -0.3 is 19.3 Å². The maximum atomic E-state index is 10.6. The second-order valence-electron chi connectivity index (χ2n) is 2.37. The average Bonchev–Trinajstić information content (AvgIpc) is 2.17. The van der Waals surface area contributed by atoms with Crippen LogP contribution >= 0.6 is 0 Å². The number of hydrogen-bond acceptors (Lipinski definition) is 5. The lowest BCUT2D eigenvalue weighted by Crippen LogP contribution is -2.23. The zero-order valence-electron chi connectivity index (χ0n) is 8.27. The van der Waals surface area contributed by atoms with Crippen molar-refractivity contribution in [2.75, 3.05) is 26.4 Å². The van der Waals surface area contributed by atoms with Gasteiger partial charge in [0.1, 0.15) is 6.61 Å². The van der Waals surface area contributed by atoms with Gasteiger partial charge in [-0.15, -0.1) is 0 Å². The predicted octanol–water partition coefficient (Wildman–Crippen LogP) is 0.0871. The Morgan fingerprint density at radius 3 is 2.71 bits per heavy atom. The molecule has 0 aromatic carbocycles. The predicted molar refractivity (Wildman–Crippen MR) is 49.6 cm³/mol. The number of aliphatic hydroxyl groups is 1. The minimum atomic E-state index is -1.25. The first-order chi connectivity index (χ1) is 6.70. The van der Waals surface area contributed by atoms with Gasteiger partial charge in [0.15, 0.2) is 0 Å². The summed E-state index contributed by atoms with van der Waals surface area (Å²) in [4.78, 5) is 10.6. The van der Waals surface area contributed by atoms with Crippen LogP contribution < -0.4 is 0 Å². The summed E-state index contributed by atoms with van der Waals surface area (Å²) in [5, 5.41) is 9.05. The fraction of sp³-hybridized carbons (Fsp3) is 0.667. The van der Waals surface area contributed by atoms with E-state index in [0.29, 0.717) is 19.8 Å². The van der Waals surface area contributed by atoms with Crippen LogP contribution in [0.4, 0.5) is 0 Å². The molecule has 0 aliphatic carbocycles. The van der Waals surface area contributed by atoms with E-state index in [0.717, 1.165) is 6.08 Å². The van der Waals surface area contributed by atoms with Crippen LogP contribution in [-0.4, -0.2) is 43.8 Å². The van der Waals surface area contributed by atoms with Gasteiger partial charge in [0, 0.05) is 12.7 Å². The number of carbonyl (C=O) groups is 1. The molecule has 1 N–H and O–H groups in total. The van der Waals surface area contributed by atoms with Gasteiger partial charge >= 0.3 is 5.97 Å². The highest BCUT2D eigenvalue weighted by Gasteiger charge is 2.07. The van der Waals surface area contributed by atoms with E-state index in [1.165, 1.54) is 0 Å². The van der Waals surface area contributed by atoms with Crippen molar-refractivity contribution in [3.8, 4) is 0 Å². The van der Waals surface area contributed by atoms with Crippen LogP contribution in [0.1, 0.15) is 6.92 Å². The van der Waals surface area contributed by atoms with Gasteiger partial charge in [-0.1, -0.05) is 6.58 Å². The van der Waals surface area contributed by atoms with Crippen molar-refractivity contribution >= 4 is 5.97 Å². The number of esters is 1. The molecule has 0 bridgehead atoms. The van der Waals surface area contributed by atoms with Crippen molar-refractivity contribution < 1.29 is 24.1 Å². The number of rotatable bonds is 8. The van der Waals surface area contributed by atoms with E-state index < -0.39 is 12.3 Å². The maximum Gasteiger partial charge on any atom is 0.332 e. The van der Waals surface area contributed by atoms with Crippen LogP contribution in [0.5, 0.6) is 0 Å². The van der Waals surface area contributed by atoms with Crippen LogP contribution in [0.15, 0.2) is 12.7 Å². The van der Waals surface area contributed by atoms with Gasteiger partial charge in [0.2, 0.25) is 6.29 Å². The molecule has 0 heterocycles. The summed E-state index contributed by atoms with van der Waals surface area (Å²) in [5.41, 5.74) is 0. The van der Waals surface area contributed by atoms with Gasteiger partial charge in [-0.2, -0.15) is 0 Å². The molecule has 1 atom stereocenters. The second-order valence-corrected chi connectivity index (χ2v) is 2.37.